The van der Waals surface area contributed by atoms with Crippen LogP contribution in [0.5, 0.6) is 5.75 Å². The number of benzene rings is 2. The van der Waals surface area contributed by atoms with Crippen LogP contribution in [0.4, 0.5) is 18.9 Å². The first-order valence-electron chi connectivity index (χ1n) is 9.09. The summed E-state index contributed by atoms with van der Waals surface area (Å²) >= 11 is 0. The highest BCUT2D eigenvalue weighted by atomic mass is 32.2. The van der Waals surface area contributed by atoms with Gasteiger partial charge in [-0.05, 0) is 55.8 Å². The predicted octanol–water partition coefficient (Wildman–Crippen LogP) is 3.58. The summed E-state index contributed by atoms with van der Waals surface area (Å²) in [5, 5.41) is 2.49. The zero-order valence-corrected chi connectivity index (χ0v) is 17.5. The molecule has 6 nitrogen and oxygen atoms in total. The topological polar surface area (TPSA) is 75.7 Å². The third kappa shape index (κ3) is 6.12. The van der Waals surface area contributed by atoms with Gasteiger partial charge in [-0.25, -0.2) is 8.42 Å². The fourth-order valence-corrected chi connectivity index (χ4v) is 4.03. The Hall–Kier alpha value is -2.75. The van der Waals surface area contributed by atoms with E-state index in [1.54, 1.807) is 12.1 Å². The Balaban J connectivity index is 2.16. The molecule has 0 fully saturated rings. The van der Waals surface area contributed by atoms with E-state index in [1.165, 1.54) is 31.2 Å². The number of carbonyl (C=O) groups excluding carboxylic acids is 1. The molecular weight excluding hydrogens is 421 g/mol. The standard InChI is InChI=1S/C20H23F3N2O4S/c1-4-29-18-10-8-17(9-11-18)25(30(3,27)28)14(2)19(26)24-13-15-6-5-7-16(12-15)20(21,22)23/h5-12,14H,4,13H2,1-3H3,(H,24,26)/t14-/m0/s1. The van der Waals surface area contributed by atoms with E-state index in [2.05, 4.69) is 5.32 Å². The van der Waals surface area contributed by atoms with Gasteiger partial charge in [-0.2, -0.15) is 13.2 Å². The zero-order chi connectivity index (χ0) is 22.5. The SMILES string of the molecule is CCOc1ccc(N([C@@H](C)C(=O)NCc2cccc(C(F)(F)F)c2)S(C)(=O)=O)cc1. The summed E-state index contributed by atoms with van der Waals surface area (Å²) in [5.41, 5.74) is -0.311. The van der Waals surface area contributed by atoms with Crippen molar-refractivity contribution in [1.82, 2.24) is 5.32 Å². The highest BCUT2D eigenvalue weighted by Gasteiger charge is 2.31. The summed E-state index contributed by atoms with van der Waals surface area (Å²) in [6.07, 6.45) is -3.52. The molecule has 0 aliphatic rings. The van der Waals surface area contributed by atoms with Crippen molar-refractivity contribution in [3.63, 3.8) is 0 Å². The van der Waals surface area contributed by atoms with Gasteiger partial charge in [0.2, 0.25) is 15.9 Å². The van der Waals surface area contributed by atoms with Crippen molar-refractivity contribution in [3.05, 3.63) is 59.7 Å². The van der Waals surface area contributed by atoms with Crippen LogP contribution >= 0.6 is 0 Å². The van der Waals surface area contributed by atoms with Gasteiger partial charge < -0.3 is 10.1 Å². The fourth-order valence-electron chi connectivity index (χ4n) is 2.86. The van der Waals surface area contributed by atoms with E-state index in [0.29, 0.717) is 12.4 Å². The molecule has 1 N–H and O–H groups in total. The number of sulfonamides is 1. The van der Waals surface area contributed by atoms with E-state index in [1.807, 2.05) is 6.92 Å². The lowest BCUT2D eigenvalue weighted by atomic mass is 10.1. The van der Waals surface area contributed by atoms with E-state index in [4.69, 9.17) is 4.74 Å². The number of anilines is 1. The molecule has 0 saturated carbocycles. The highest BCUT2D eigenvalue weighted by Crippen LogP contribution is 2.29. The molecule has 1 amide bonds. The molecular formula is C20H23F3N2O4S. The van der Waals surface area contributed by atoms with E-state index in [-0.39, 0.29) is 17.8 Å². The molecule has 0 heterocycles. The predicted molar refractivity (Wildman–Crippen MR) is 108 cm³/mol. The number of alkyl halides is 3. The minimum absolute atomic E-state index is 0.173. The summed E-state index contributed by atoms with van der Waals surface area (Å²) in [6, 6.07) is 9.65. The number of carbonyl (C=O) groups is 1. The molecule has 30 heavy (non-hydrogen) atoms. The Labute approximate surface area is 173 Å². The summed E-state index contributed by atoms with van der Waals surface area (Å²) in [5.74, 6) is -0.0944. The number of nitrogens with zero attached hydrogens (tertiary/aromatic N) is 1. The van der Waals surface area contributed by atoms with E-state index >= 15 is 0 Å². The number of halogens is 3. The van der Waals surface area contributed by atoms with Crippen molar-refractivity contribution in [3.8, 4) is 5.75 Å². The van der Waals surface area contributed by atoms with Crippen molar-refractivity contribution in [1.29, 1.82) is 0 Å². The quantitative estimate of drug-likeness (QED) is 0.676. The molecule has 0 bridgehead atoms. The molecule has 0 spiro atoms. The van der Waals surface area contributed by atoms with Crippen molar-refractivity contribution in [2.75, 3.05) is 17.2 Å². The molecule has 10 heteroatoms. The molecule has 2 aromatic rings. The van der Waals surface area contributed by atoms with E-state index in [9.17, 15) is 26.4 Å². The number of rotatable bonds is 8. The third-order valence-corrected chi connectivity index (χ3v) is 5.45. The third-order valence-electron chi connectivity index (χ3n) is 4.21. The molecule has 0 saturated heterocycles. The van der Waals surface area contributed by atoms with Crippen LogP contribution < -0.4 is 14.4 Å². The van der Waals surface area contributed by atoms with Gasteiger partial charge in [0.25, 0.3) is 0 Å². The average Bonchev–Trinajstić information content (AvgIpc) is 2.66. The first kappa shape index (κ1) is 23.5. The van der Waals surface area contributed by atoms with Crippen LogP contribution in [-0.2, 0) is 27.5 Å². The van der Waals surface area contributed by atoms with Crippen LogP contribution in [0.2, 0.25) is 0 Å². The zero-order valence-electron chi connectivity index (χ0n) is 16.7. The Morgan fingerprint density at radius 1 is 1.17 bits per heavy atom. The smallest absolute Gasteiger partial charge is 0.416 e. The molecule has 0 aromatic heterocycles. The molecule has 0 aliphatic carbocycles. The van der Waals surface area contributed by atoms with E-state index < -0.39 is 33.7 Å². The highest BCUT2D eigenvalue weighted by molar-refractivity contribution is 7.92. The second kappa shape index (κ2) is 9.38. The van der Waals surface area contributed by atoms with E-state index in [0.717, 1.165) is 22.7 Å². The Bertz CT molecular complexity index is 976. The summed E-state index contributed by atoms with van der Waals surface area (Å²) < 4.78 is 69.4. The largest absolute Gasteiger partial charge is 0.494 e. The molecule has 164 valence electrons. The maximum atomic E-state index is 12.8. The van der Waals surface area contributed by atoms with Gasteiger partial charge in [0.1, 0.15) is 11.8 Å². The van der Waals surface area contributed by atoms with Crippen molar-refractivity contribution in [2.24, 2.45) is 0 Å². The monoisotopic (exact) mass is 444 g/mol. The molecule has 1 atom stereocenters. The number of hydrogen-bond donors (Lipinski definition) is 1. The van der Waals surface area contributed by atoms with Gasteiger partial charge in [0, 0.05) is 6.54 Å². The van der Waals surface area contributed by atoms with Crippen LogP contribution in [0.1, 0.15) is 25.0 Å². The van der Waals surface area contributed by atoms with Gasteiger partial charge in [0.15, 0.2) is 0 Å². The molecule has 2 aromatic carbocycles. The maximum Gasteiger partial charge on any atom is 0.416 e. The first-order chi connectivity index (χ1) is 13.9. The van der Waals surface area contributed by atoms with Crippen LogP contribution in [-0.4, -0.2) is 33.2 Å². The maximum absolute atomic E-state index is 12.8. The second-order valence-electron chi connectivity index (χ2n) is 6.58. The number of hydrogen-bond acceptors (Lipinski definition) is 4. The normalized spacial score (nSPS) is 12.9. The summed E-state index contributed by atoms with van der Waals surface area (Å²) in [7, 11) is -3.81. The van der Waals surface area contributed by atoms with Gasteiger partial charge in [-0.1, -0.05) is 12.1 Å². The van der Waals surface area contributed by atoms with Crippen LogP contribution in [0, 0.1) is 0 Å². The van der Waals surface area contributed by atoms with Gasteiger partial charge in [-0.15, -0.1) is 0 Å². The minimum Gasteiger partial charge on any atom is -0.494 e. The molecule has 0 unspecified atom stereocenters. The van der Waals surface area contributed by atoms with Crippen molar-refractivity contribution >= 4 is 21.6 Å². The van der Waals surface area contributed by atoms with Gasteiger partial charge in [0.05, 0.1) is 24.1 Å². The molecule has 0 aliphatic heterocycles. The summed E-state index contributed by atoms with van der Waals surface area (Å²) in [4.78, 5) is 12.6. The number of nitrogens with one attached hydrogen (secondary N) is 1. The lowest BCUT2D eigenvalue weighted by Gasteiger charge is -2.28. The molecule has 2 rings (SSSR count). The molecule has 0 radical (unpaired) electrons. The lowest BCUT2D eigenvalue weighted by molar-refractivity contribution is -0.137. The van der Waals surface area contributed by atoms with Crippen LogP contribution in [0.25, 0.3) is 0 Å². The van der Waals surface area contributed by atoms with Crippen molar-refractivity contribution in [2.45, 2.75) is 32.6 Å². The van der Waals surface area contributed by atoms with Gasteiger partial charge in [-0.3, -0.25) is 9.10 Å². The first-order valence-corrected chi connectivity index (χ1v) is 10.9. The van der Waals surface area contributed by atoms with Crippen LogP contribution in [0.15, 0.2) is 48.5 Å². The summed E-state index contributed by atoms with van der Waals surface area (Å²) in [6.45, 7) is 3.49. The van der Waals surface area contributed by atoms with Crippen molar-refractivity contribution < 1.29 is 31.1 Å². The minimum atomic E-state index is -4.49. The Kier molecular flexibility index (Phi) is 7.35. The second-order valence-corrected chi connectivity index (χ2v) is 8.44. The Morgan fingerprint density at radius 3 is 2.33 bits per heavy atom. The van der Waals surface area contributed by atoms with Crippen LogP contribution in [0.3, 0.4) is 0 Å². The Morgan fingerprint density at radius 2 is 1.80 bits per heavy atom. The van der Waals surface area contributed by atoms with Gasteiger partial charge >= 0.3 is 6.18 Å². The number of ether oxygens (including phenoxy) is 1. The lowest BCUT2D eigenvalue weighted by Crippen LogP contribution is -2.47. The fraction of sp³-hybridized carbons (Fsp3) is 0.350. The number of amides is 1. The average molecular weight is 444 g/mol.